The predicted molar refractivity (Wildman–Crippen MR) is 107 cm³/mol. The smallest absolute Gasteiger partial charge is 0.329 e. The number of hydrogen-bond acceptors (Lipinski definition) is 4. The number of aryl methyl sites for hydroxylation is 1. The van der Waals surface area contributed by atoms with E-state index >= 15 is 0 Å². The molecule has 27 heavy (non-hydrogen) atoms. The molecule has 1 aromatic heterocycles. The van der Waals surface area contributed by atoms with Crippen molar-refractivity contribution in [2.45, 2.75) is 69.9 Å². The van der Waals surface area contributed by atoms with Crippen LogP contribution in [-0.2, 0) is 15.1 Å². The van der Waals surface area contributed by atoms with Crippen molar-refractivity contribution in [3.05, 3.63) is 59.3 Å². The number of anilines is 1. The van der Waals surface area contributed by atoms with E-state index < -0.39 is 5.60 Å². The van der Waals surface area contributed by atoms with Crippen molar-refractivity contribution in [2.24, 2.45) is 0 Å². The average molecular weight is 364 g/mol. The molecule has 2 aromatic rings. The molecule has 2 aliphatic rings. The van der Waals surface area contributed by atoms with Gasteiger partial charge in [0.15, 0.2) is 0 Å². The third kappa shape index (κ3) is 3.85. The van der Waals surface area contributed by atoms with Gasteiger partial charge in [0.25, 0.3) is 0 Å². The van der Waals surface area contributed by atoms with Crippen LogP contribution in [0.2, 0.25) is 0 Å². The quantitative estimate of drug-likeness (QED) is 0.769. The minimum atomic E-state index is -0.594. The van der Waals surface area contributed by atoms with Gasteiger partial charge in [-0.3, -0.25) is 0 Å². The van der Waals surface area contributed by atoms with Crippen molar-refractivity contribution >= 4 is 11.8 Å². The summed E-state index contributed by atoms with van der Waals surface area (Å²) in [4.78, 5) is 16.8. The Morgan fingerprint density at radius 3 is 2.56 bits per heavy atom. The van der Waals surface area contributed by atoms with Crippen LogP contribution >= 0.6 is 0 Å². The number of nitrogens with one attached hydrogen (secondary N) is 1. The third-order valence-electron chi connectivity index (χ3n) is 6.04. The van der Waals surface area contributed by atoms with Crippen LogP contribution < -0.4 is 5.32 Å². The molecule has 2 heterocycles. The Bertz CT molecular complexity index is 811. The largest absolute Gasteiger partial charge is 0.453 e. The summed E-state index contributed by atoms with van der Waals surface area (Å²) in [5.41, 5.74) is 3.01. The number of hydrogen-bond donors (Lipinski definition) is 1. The lowest BCUT2D eigenvalue weighted by molar-refractivity contribution is -0.148. The maximum Gasteiger partial charge on any atom is 0.329 e. The first-order chi connectivity index (χ1) is 13.0. The second-order valence-corrected chi connectivity index (χ2v) is 8.23. The van der Waals surface area contributed by atoms with Gasteiger partial charge in [-0.2, -0.15) is 0 Å². The van der Waals surface area contributed by atoms with E-state index in [0.29, 0.717) is 18.2 Å². The summed E-state index contributed by atoms with van der Waals surface area (Å²) in [5, 5.41) is 3.23. The van der Waals surface area contributed by atoms with Gasteiger partial charge < -0.3 is 10.1 Å². The lowest BCUT2D eigenvalue weighted by Gasteiger charge is -2.25. The number of cyclic esters (lactones) is 1. The molecule has 4 rings (SSSR count). The molecule has 0 radical (unpaired) electrons. The van der Waals surface area contributed by atoms with E-state index in [1.807, 2.05) is 26.0 Å². The van der Waals surface area contributed by atoms with Gasteiger partial charge in [-0.25, -0.2) is 9.78 Å². The van der Waals surface area contributed by atoms with Gasteiger partial charge in [0.1, 0.15) is 17.5 Å². The Balaban J connectivity index is 1.47. The van der Waals surface area contributed by atoms with E-state index in [4.69, 9.17) is 4.74 Å². The number of benzene rings is 1. The standard InChI is InChI=1S/C23H28N2O2/c1-16-12-13-24-21(14-16)25-20-15-23(2,27-22(20)26)19-10-8-18(9-11-19)17-6-4-3-5-7-17/h8-14,17,20H,3-7,15H2,1-2H3,(H,24,25). The zero-order valence-electron chi connectivity index (χ0n) is 16.2. The minimum absolute atomic E-state index is 0.211. The van der Waals surface area contributed by atoms with Crippen molar-refractivity contribution in [1.29, 1.82) is 0 Å². The Kier molecular flexibility index (Phi) is 4.90. The highest BCUT2D eigenvalue weighted by molar-refractivity contribution is 5.82. The molecule has 0 spiro atoms. The molecule has 1 saturated carbocycles. The first kappa shape index (κ1) is 18.0. The van der Waals surface area contributed by atoms with Crippen molar-refractivity contribution in [3.63, 3.8) is 0 Å². The number of nitrogens with zero attached hydrogens (tertiary/aromatic N) is 1. The van der Waals surface area contributed by atoms with Gasteiger partial charge in [0, 0.05) is 12.6 Å². The normalized spacial score (nSPS) is 26.0. The number of carbonyl (C=O) groups is 1. The van der Waals surface area contributed by atoms with Gasteiger partial charge >= 0.3 is 5.97 Å². The van der Waals surface area contributed by atoms with Gasteiger partial charge in [0.05, 0.1) is 0 Å². The molecule has 1 aromatic carbocycles. The molecule has 1 N–H and O–H groups in total. The third-order valence-corrected chi connectivity index (χ3v) is 6.04. The molecular weight excluding hydrogens is 336 g/mol. The van der Waals surface area contributed by atoms with E-state index in [0.717, 1.165) is 11.1 Å². The van der Waals surface area contributed by atoms with Crippen molar-refractivity contribution in [2.75, 3.05) is 5.32 Å². The molecule has 4 heteroatoms. The zero-order valence-corrected chi connectivity index (χ0v) is 16.2. The monoisotopic (exact) mass is 364 g/mol. The SMILES string of the molecule is Cc1ccnc(NC2CC(C)(c3ccc(C4CCCCC4)cc3)OC2=O)c1. The Labute approximate surface area is 161 Å². The van der Waals surface area contributed by atoms with Gasteiger partial charge in [-0.15, -0.1) is 0 Å². The minimum Gasteiger partial charge on any atom is -0.453 e. The molecule has 2 atom stereocenters. The molecule has 1 aliphatic heterocycles. The average Bonchev–Trinajstić information content (AvgIpc) is 2.97. The molecule has 4 nitrogen and oxygen atoms in total. The number of esters is 1. The van der Waals surface area contributed by atoms with Crippen LogP contribution in [-0.4, -0.2) is 17.0 Å². The van der Waals surface area contributed by atoms with E-state index in [9.17, 15) is 4.79 Å². The summed E-state index contributed by atoms with van der Waals surface area (Å²) in [6.07, 6.45) is 8.98. The maximum atomic E-state index is 12.5. The fourth-order valence-corrected chi connectivity index (χ4v) is 4.43. The molecule has 1 aliphatic carbocycles. The summed E-state index contributed by atoms with van der Waals surface area (Å²) >= 11 is 0. The molecule has 142 valence electrons. The fourth-order valence-electron chi connectivity index (χ4n) is 4.43. The number of aromatic nitrogens is 1. The lowest BCUT2D eigenvalue weighted by atomic mass is 9.82. The van der Waals surface area contributed by atoms with Crippen LogP contribution in [0.15, 0.2) is 42.6 Å². The van der Waals surface area contributed by atoms with Gasteiger partial charge in [0.2, 0.25) is 0 Å². The van der Waals surface area contributed by atoms with E-state index in [2.05, 4.69) is 34.6 Å². The lowest BCUT2D eigenvalue weighted by Crippen LogP contribution is -2.25. The van der Waals surface area contributed by atoms with Crippen molar-refractivity contribution in [1.82, 2.24) is 4.98 Å². The molecule has 2 unspecified atom stereocenters. The first-order valence-electron chi connectivity index (χ1n) is 10.1. The summed E-state index contributed by atoms with van der Waals surface area (Å²) in [5.74, 6) is 1.19. The van der Waals surface area contributed by atoms with E-state index in [-0.39, 0.29) is 12.0 Å². The highest BCUT2D eigenvalue weighted by Gasteiger charge is 2.44. The molecule has 2 fully saturated rings. The van der Waals surface area contributed by atoms with Crippen molar-refractivity contribution in [3.8, 4) is 0 Å². The Morgan fingerprint density at radius 1 is 1.11 bits per heavy atom. The van der Waals surface area contributed by atoms with Crippen LogP contribution in [0, 0.1) is 6.92 Å². The van der Waals surface area contributed by atoms with E-state index in [1.165, 1.54) is 37.7 Å². The second-order valence-electron chi connectivity index (χ2n) is 8.23. The van der Waals surface area contributed by atoms with Gasteiger partial charge in [-0.05, 0) is 61.4 Å². The van der Waals surface area contributed by atoms with Crippen LogP contribution in [0.4, 0.5) is 5.82 Å². The summed E-state index contributed by atoms with van der Waals surface area (Å²) in [7, 11) is 0. The molecule has 1 saturated heterocycles. The highest BCUT2D eigenvalue weighted by atomic mass is 16.6. The second kappa shape index (κ2) is 7.34. The number of pyridine rings is 1. The van der Waals surface area contributed by atoms with E-state index in [1.54, 1.807) is 6.20 Å². The predicted octanol–water partition coefficient (Wildman–Crippen LogP) is 5.08. The fraction of sp³-hybridized carbons (Fsp3) is 0.478. The van der Waals surface area contributed by atoms with Crippen LogP contribution in [0.1, 0.15) is 68.1 Å². The topological polar surface area (TPSA) is 51.2 Å². The Hall–Kier alpha value is -2.36. The summed E-state index contributed by atoms with van der Waals surface area (Å²) in [6, 6.07) is 12.3. The number of ether oxygens (including phenoxy) is 1. The number of carbonyl (C=O) groups excluding carboxylic acids is 1. The molecule has 0 bridgehead atoms. The van der Waals surface area contributed by atoms with Crippen molar-refractivity contribution < 1.29 is 9.53 Å². The van der Waals surface area contributed by atoms with Crippen LogP contribution in [0.25, 0.3) is 0 Å². The Morgan fingerprint density at radius 2 is 1.85 bits per heavy atom. The molecular formula is C23H28N2O2. The number of rotatable bonds is 4. The zero-order chi connectivity index (χ0) is 18.9. The summed E-state index contributed by atoms with van der Waals surface area (Å²) < 4.78 is 5.81. The maximum absolute atomic E-state index is 12.5. The van der Waals surface area contributed by atoms with Crippen LogP contribution in [0.3, 0.4) is 0 Å². The first-order valence-corrected chi connectivity index (χ1v) is 10.1. The van der Waals surface area contributed by atoms with Crippen LogP contribution in [0.5, 0.6) is 0 Å². The summed E-state index contributed by atoms with van der Waals surface area (Å²) in [6.45, 7) is 4.02. The van der Waals surface area contributed by atoms with Gasteiger partial charge in [-0.1, -0.05) is 43.5 Å². The highest BCUT2D eigenvalue weighted by Crippen LogP contribution is 2.39. The molecule has 0 amide bonds.